The van der Waals surface area contributed by atoms with Crippen LogP contribution in [-0.2, 0) is 0 Å². The monoisotopic (exact) mass is 219 g/mol. The van der Waals surface area contributed by atoms with Crippen molar-refractivity contribution >= 4 is 5.57 Å². The highest BCUT2D eigenvalue weighted by Gasteiger charge is 2.47. The third kappa shape index (κ3) is 1.62. The van der Waals surface area contributed by atoms with Gasteiger partial charge in [0.2, 0.25) is 0 Å². The molecule has 0 saturated heterocycles. The summed E-state index contributed by atoms with van der Waals surface area (Å²) in [6.45, 7) is 0. The minimum atomic E-state index is -2.50. The Morgan fingerprint density at radius 3 is 2.62 bits per heavy atom. The van der Waals surface area contributed by atoms with Crippen LogP contribution in [0.15, 0.2) is 48.6 Å². The number of alkyl halides is 1. The summed E-state index contributed by atoms with van der Waals surface area (Å²) in [6.07, 6.45) is 4.35. The van der Waals surface area contributed by atoms with Gasteiger partial charge in [-0.05, 0) is 11.6 Å². The van der Waals surface area contributed by atoms with Crippen LogP contribution in [0.3, 0.4) is 0 Å². The lowest BCUT2D eigenvalue weighted by molar-refractivity contribution is -0.584. The first-order valence-corrected chi connectivity index (χ1v) is 4.91. The van der Waals surface area contributed by atoms with Gasteiger partial charge in [-0.1, -0.05) is 42.5 Å². The maximum absolute atomic E-state index is 14.2. The van der Waals surface area contributed by atoms with Crippen molar-refractivity contribution in [3.05, 3.63) is 64.2 Å². The van der Waals surface area contributed by atoms with Crippen LogP contribution in [0.4, 0.5) is 4.39 Å². The van der Waals surface area contributed by atoms with E-state index in [0.717, 1.165) is 0 Å². The van der Waals surface area contributed by atoms with Gasteiger partial charge in [-0.25, -0.2) is 0 Å². The van der Waals surface area contributed by atoms with E-state index in [4.69, 9.17) is 0 Å². The van der Waals surface area contributed by atoms with E-state index in [9.17, 15) is 14.5 Å². The molecule has 3 nitrogen and oxygen atoms in total. The van der Waals surface area contributed by atoms with Gasteiger partial charge < -0.3 is 0 Å². The molecule has 1 unspecified atom stereocenters. The molecule has 1 atom stereocenters. The smallest absolute Gasteiger partial charge is 0.261 e. The lowest BCUT2D eigenvalue weighted by Crippen LogP contribution is -2.35. The van der Waals surface area contributed by atoms with Gasteiger partial charge in [0.1, 0.15) is 0 Å². The average Bonchev–Trinajstić information content (AvgIpc) is 2.30. The van der Waals surface area contributed by atoms with Gasteiger partial charge in [0.25, 0.3) is 0 Å². The molecule has 1 aromatic carbocycles. The largest absolute Gasteiger partial charge is 0.388 e. The maximum atomic E-state index is 14.2. The van der Waals surface area contributed by atoms with Crippen LogP contribution < -0.4 is 0 Å². The normalized spacial score (nSPS) is 23.9. The molecular weight excluding hydrogens is 209 g/mol. The second-order valence-electron chi connectivity index (χ2n) is 3.60. The van der Waals surface area contributed by atoms with E-state index in [-0.39, 0.29) is 12.0 Å². The Kier molecular flexibility index (Phi) is 2.56. The molecule has 1 aliphatic carbocycles. The first kappa shape index (κ1) is 10.5. The van der Waals surface area contributed by atoms with Gasteiger partial charge in [0.15, 0.2) is 0 Å². The van der Waals surface area contributed by atoms with Crippen molar-refractivity contribution < 1.29 is 9.31 Å². The number of rotatable bonds is 2. The Labute approximate surface area is 92.1 Å². The third-order valence-corrected chi connectivity index (χ3v) is 2.57. The number of nitro groups is 1. The predicted octanol–water partition coefficient (Wildman–Crippen LogP) is 2.97. The summed E-state index contributed by atoms with van der Waals surface area (Å²) in [5, 5.41) is 10.8. The van der Waals surface area contributed by atoms with Crippen LogP contribution in [-0.4, -0.2) is 10.7 Å². The molecule has 2 rings (SSSR count). The molecule has 0 radical (unpaired) electrons. The van der Waals surface area contributed by atoms with Gasteiger partial charge in [0, 0.05) is 0 Å². The molecule has 0 spiro atoms. The van der Waals surface area contributed by atoms with Gasteiger partial charge >= 0.3 is 5.79 Å². The van der Waals surface area contributed by atoms with Crippen molar-refractivity contribution in [3.8, 4) is 0 Å². The van der Waals surface area contributed by atoms with E-state index in [1.54, 1.807) is 36.4 Å². The lowest BCUT2D eigenvalue weighted by Gasteiger charge is -2.20. The van der Waals surface area contributed by atoms with Gasteiger partial charge in [-0.15, -0.1) is 0 Å². The Morgan fingerprint density at radius 2 is 2.00 bits per heavy atom. The van der Waals surface area contributed by atoms with Crippen molar-refractivity contribution in [2.75, 3.05) is 0 Å². The van der Waals surface area contributed by atoms with Crippen molar-refractivity contribution in [1.29, 1.82) is 0 Å². The molecule has 0 saturated carbocycles. The van der Waals surface area contributed by atoms with E-state index in [2.05, 4.69) is 0 Å². The summed E-state index contributed by atoms with van der Waals surface area (Å²) in [4.78, 5) is 9.95. The summed E-state index contributed by atoms with van der Waals surface area (Å²) in [5.74, 6) is -2.50. The first-order chi connectivity index (χ1) is 7.64. The number of benzene rings is 1. The molecule has 1 aromatic rings. The zero-order chi connectivity index (χ0) is 11.6. The zero-order valence-corrected chi connectivity index (χ0v) is 8.47. The Balaban J connectivity index is 2.49. The minimum absolute atomic E-state index is 0.112. The molecular formula is C12H10FNO2. The molecule has 0 aliphatic heterocycles. The fraction of sp³-hybridized carbons (Fsp3) is 0.167. The number of halogens is 1. The third-order valence-electron chi connectivity index (χ3n) is 2.57. The molecule has 0 heterocycles. The number of allylic oxidation sites excluding steroid dienone is 2. The van der Waals surface area contributed by atoms with E-state index in [1.165, 1.54) is 12.2 Å². The van der Waals surface area contributed by atoms with Crippen LogP contribution >= 0.6 is 0 Å². The molecule has 0 bridgehead atoms. The molecule has 4 heteroatoms. The van der Waals surface area contributed by atoms with Crippen LogP contribution in [0.5, 0.6) is 0 Å². The standard InChI is InChI=1S/C12H10FNO2/c13-12(14(15)16)9-5-4-8-11(12)10-6-2-1-3-7-10/h1-8H,9H2. The second-order valence-corrected chi connectivity index (χ2v) is 3.60. The zero-order valence-electron chi connectivity index (χ0n) is 8.47. The lowest BCUT2D eigenvalue weighted by atomic mass is 9.91. The molecule has 0 fully saturated rings. The van der Waals surface area contributed by atoms with E-state index in [0.29, 0.717) is 5.56 Å². The van der Waals surface area contributed by atoms with Crippen molar-refractivity contribution in [2.45, 2.75) is 12.2 Å². The molecule has 82 valence electrons. The summed E-state index contributed by atoms with van der Waals surface area (Å²) < 4.78 is 14.2. The van der Waals surface area contributed by atoms with Crippen molar-refractivity contribution in [1.82, 2.24) is 0 Å². The summed E-state index contributed by atoms with van der Waals surface area (Å²) in [5.41, 5.74) is 0.659. The van der Waals surface area contributed by atoms with Crippen LogP contribution in [0, 0.1) is 10.1 Å². The van der Waals surface area contributed by atoms with E-state index >= 15 is 0 Å². The summed E-state index contributed by atoms with van der Waals surface area (Å²) >= 11 is 0. The summed E-state index contributed by atoms with van der Waals surface area (Å²) in [7, 11) is 0. The molecule has 1 aliphatic rings. The van der Waals surface area contributed by atoms with Gasteiger partial charge in [-0.3, -0.25) is 10.1 Å². The number of hydrogen-bond acceptors (Lipinski definition) is 2. The predicted molar refractivity (Wildman–Crippen MR) is 59.0 cm³/mol. The van der Waals surface area contributed by atoms with Gasteiger partial charge in [0.05, 0.1) is 16.9 Å². The molecule has 16 heavy (non-hydrogen) atoms. The second kappa shape index (κ2) is 3.89. The highest BCUT2D eigenvalue weighted by molar-refractivity contribution is 5.73. The van der Waals surface area contributed by atoms with Gasteiger partial charge in [-0.2, -0.15) is 4.39 Å². The van der Waals surface area contributed by atoms with Crippen molar-refractivity contribution in [3.63, 3.8) is 0 Å². The number of nitrogens with zero attached hydrogens (tertiary/aromatic N) is 1. The topological polar surface area (TPSA) is 43.1 Å². The molecule has 0 aromatic heterocycles. The number of hydrogen-bond donors (Lipinski definition) is 0. The van der Waals surface area contributed by atoms with Crippen molar-refractivity contribution in [2.24, 2.45) is 0 Å². The highest BCUT2D eigenvalue weighted by Crippen LogP contribution is 2.37. The first-order valence-electron chi connectivity index (χ1n) is 4.91. The Hall–Kier alpha value is -1.97. The SMILES string of the molecule is O=[N+]([O-])C1(F)CC=CC=C1c1ccccc1. The minimum Gasteiger partial charge on any atom is -0.261 e. The van der Waals surface area contributed by atoms with Crippen LogP contribution in [0.2, 0.25) is 0 Å². The highest BCUT2D eigenvalue weighted by atomic mass is 19.1. The molecule has 0 amide bonds. The van der Waals surface area contributed by atoms with Crippen LogP contribution in [0.25, 0.3) is 5.57 Å². The quantitative estimate of drug-likeness (QED) is 0.436. The Morgan fingerprint density at radius 1 is 1.31 bits per heavy atom. The van der Waals surface area contributed by atoms with E-state index < -0.39 is 10.7 Å². The maximum Gasteiger partial charge on any atom is 0.388 e. The molecule has 0 N–H and O–H groups in total. The Bertz CT molecular complexity index is 467. The fourth-order valence-corrected chi connectivity index (χ4v) is 1.73. The summed E-state index contributed by atoms with van der Waals surface area (Å²) in [6, 6.07) is 8.59. The van der Waals surface area contributed by atoms with Crippen LogP contribution in [0.1, 0.15) is 12.0 Å². The average molecular weight is 219 g/mol. The van der Waals surface area contributed by atoms with E-state index in [1.807, 2.05) is 0 Å². The fourth-order valence-electron chi connectivity index (χ4n) is 1.73.